The molecule has 0 aliphatic carbocycles. The second-order valence-corrected chi connectivity index (χ2v) is 4.33. The molecule has 2 heteroatoms. The van der Waals surface area contributed by atoms with Crippen molar-refractivity contribution in [1.29, 1.82) is 0 Å². The van der Waals surface area contributed by atoms with Crippen LogP contribution in [0.3, 0.4) is 0 Å². The Kier molecular flexibility index (Phi) is 5.47. The van der Waals surface area contributed by atoms with Crippen molar-refractivity contribution in [2.24, 2.45) is 5.92 Å². The van der Waals surface area contributed by atoms with Crippen molar-refractivity contribution in [2.75, 3.05) is 6.54 Å². The SMILES string of the molecule is CCC(CC)CN[C@H](C)c1ccccc1F. The van der Waals surface area contributed by atoms with Crippen molar-refractivity contribution in [3.8, 4) is 0 Å². The minimum absolute atomic E-state index is 0.0850. The van der Waals surface area contributed by atoms with E-state index in [9.17, 15) is 4.39 Å². The number of halogens is 1. The van der Waals surface area contributed by atoms with Gasteiger partial charge in [-0.1, -0.05) is 44.9 Å². The molecule has 1 atom stereocenters. The lowest BCUT2D eigenvalue weighted by molar-refractivity contribution is 0.416. The smallest absolute Gasteiger partial charge is 0.127 e. The molecule has 1 aromatic carbocycles. The summed E-state index contributed by atoms with van der Waals surface area (Å²) in [6.45, 7) is 7.37. The van der Waals surface area contributed by atoms with E-state index in [0.717, 1.165) is 12.1 Å². The van der Waals surface area contributed by atoms with Crippen LogP contribution in [0.15, 0.2) is 24.3 Å². The van der Waals surface area contributed by atoms with Crippen LogP contribution in [-0.4, -0.2) is 6.54 Å². The highest BCUT2D eigenvalue weighted by atomic mass is 19.1. The summed E-state index contributed by atoms with van der Waals surface area (Å²) in [7, 11) is 0. The van der Waals surface area contributed by atoms with Gasteiger partial charge in [-0.25, -0.2) is 4.39 Å². The third kappa shape index (κ3) is 3.60. The fourth-order valence-corrected chi connectivity index (χ4v) is 1.86. The highest BCUT2D eigenvalue weighted by Crippen LogP contribution is 2.17. The predicted octanol–water partition coefficient (Wildman–Crippen LogP) is 3.91. The molecule has 0 bridgehead atoms. The van der Waals surface area contributed by atoms with Gasteiger partial charge in [0.15, 0.2) is 0 Å². The minimum atomic E-state index is -0.118. The van der Waals surface area contributed by atoms with E-state index < -0.39 is 0 Å². The molecule has 0 unspecified atom stereocenters. The first-order chi connectivity index (χ1) is 7.69. The van der Waals surface area contributed by atoms with Crippen molar-refractivity contribution in [2.45, 2.75) is 39.7 Å². The van der Waals surface area contributed by atoms with Gasteiger partial charge in [0.25, 0.3) is 0 Å². The number of benzene rings is 1. The van der Waals surface area contributed by atoms with Gasteiger partial charge in [0.1, 0.15) is 5.82 Å². The van der Waals surface area contributed by atoms with E-state index in [1.807, 2.05) is 19.1 Å². The summed E-state index contributed by atoms with van der Waals surface area (Å²) in [5.41, 5.74) is 0.758. The van der Waals surface area contributed by atoms with Gasteiger partial charge in [-0.3, -0.25) is 0 Å². The topological polar surface area (TPSA) is 12.0 Å². The Hall–Kier alpha value is -0.890. The van der Waals surface area contributed by atoms with Gasteiger partial charge in [-0.15, -0.1) is 0 Å². The van der Waals surface area contributed by atoms with Crippen molar-refractivity contribution in [3.63, 3.8) is 0 Å². The first kappa shape index (κ1) is 13.2. The molecule has 1 nitrogen and oxygen atoms in total. The summed E-state index contributed by atoms with van der Waals surface area (Å²) >= 11 is 0. The first-order valence-corrected chi connectivity index (χ1v) is 6.16. The molecule has 0 fully saturated rings. The predicted molar refractivity (Wildman–Crippen MR) is 66.9 cm³/mol. The lowest BCUT2D eigenvalue weighted by Gasteiger charge is -2.19. The highest BCUT2D eigenvalue weighted by Gasteiger charge is 2.11. The molecule has 0 saturated heterocycles. The van der Waals surface area contributed by atoms with Crippen LogP contribution < -0.4 is 5.32 Å². The molecule has 0 saturated carbocycles. The maximum Gasteiger partial charge on any atom is 0.127 e. The van der Waals surface area contributed by atoms with Gasteiger partial charge < -0.3 is 5.32 Å². The Morgan fingerprint density at radius 2 is 1.81 bits per heavy atom. The van der Waals surface area contributed by atoms with Crippen LogP contribution in [0.5, 0.6) is 0 Å². The summed E-state index contributed by atoms with van der Waals surface area (Å²) < 4.78 is 13.5. The summed E-state index contributed by atoms with van der Waals surface area (Å²) in [6, 6.07) is 7.06. The zero-order valence-electron chi connectivity index (χ0n) is 10.5. The van der Waals surface area contributed by atoms with Crippen molar-refractivity contribution in [3.05, 3.63) is 35.6 Å². The van der Waals surface area contributed by atoms with Crippen LogP contribution in [-0.2, 0) is 0 Å². The maximum atomic E-state index is 13.5. The van der Waals surface area contributed by atoms with Crippen LogP contribution in [0, 0.1) is 11.7 Å². The van der Waals surface area contributed by atoms with Crippen molar-refractivity contribution in [1.82, 2.24) is 5.32 Å². The van der Waals surface area contributed by atoms with Crippen molar-refractivity contribution >= 4 is 0 Å². The van der Waals surface area contributed by atoms with Gasteiger partial charge in [-0.05, 0) is 25.5 Å². The van der Waals surface area contributed by atoms with E-state index in [0.29, 0.717) is 5.92 Å². The number of nitrogens with one attached hydrogen (secondary N) is 1. The molecule has 0 aromatic heterocycles. The molecular formula is C14H22FN. The van der Waals surface area contributed by atoms with E-state index in [2.05, 4.69) is 19.2 Å². The quantitative estimate of drug-likeness (QED) is 0.771. The third-order valence-electron chi connectivity index (χ3n) is 3.24. The summed E-state index contributed by atoms with van der Waals surface area (Å²) in [4.78, 5) is 0. The zero-order valence-corrected chi connectivity index (χ0v) is 10.5. The first-order valence-electron chi connectivity index (χ1n) is 6.16. The van der Waals surface area contributed by atoms with E-state index in [1.165, 1.54) is 18.9 Å². The van der Waals surface area contributed by atoms with Crippen LogP contribution in [0.25, 0.3) is 0 Å². The van der Waals surface area contributed by atoms with E-state index in [4.69, 9.17) is 0 Å². The standard InChI is InChI=1S/C14H22FN/c1-4-12(5-2)10-16-11(3)13-8-6-7-9-14(13)15/h6-9,11-12,16H,4-5,10H2,1-3H3/t11-/m1/s1. The highest BCUT2D eigenvalue weighted by molar-refractivity contribution is 5.20. The van der Waals surface area contributed by atoms with E-state index >= 15 is 0 Å². The molecule has 90 valence electrons. The molecule has 0 amide bonds. The molecule has 1 rings (SSSR count). The molecule has 0 heterocycles. The number of hydrogen-bond donors (Lipinski definition) is 1. The maximum absolute atomic E-state index is 13.5. The molecule has 1 N–H and O–H groups in total. The Labute approximate surface area is 98.1 Å². The Balaban J connectivity index is 2.52. The van der Waals surface area contributed by atoms with Crippen LogP contribution >= 0.6 is 0 Å². The molecule has 0 radical (unpaired) electrons. The van der Waals surface area contributed by atoms with Crippen LogP contribution in [0.4, 0.5) is 4.39 Å². The average Bonchev–Trinajstić information content (AvgIpc) is 2.30. The average molecular weight is 223 g/mol. The molecule has 1 aromatic rings. The molecular weight excluding hydrogens is 201 g/mol. The second-order valence-electron chi connectivity index (χ2n) is 4.33. The molecule has 0 aliphatic rings. The van der Waals surface area contributed by atoms with Gasteiger partial charge >= 0.3 is 0 Å². The fourth-order valence-electron chi connectivity index (χ4n) is 1.86. The fraction of sp³-hybridized carbons (Fsp3) is 0.571. The monoisotopic (exact) mass is 223 g/mol. The Morgan fingerprint density at radius 1 is 1.19 bits per heavy atom. The number of rotatable bonds is 6. The largest absolute Gasteiger partial charge is 0.310 e. The van der Waals surface area contributed by atoms with E-state index in [1.54, 1.807) is 6.07 Å². The molecule has 16 heavy (non-hydrogen) atoms. The van der Waals surface area contributed by atoms with Gasteiger partial charge in [0.05, 0.1) is 0 Å². The van der Waals surface area contributed by atoms with Gasteiger partial charge in [0, 0.05) is 11.6 Å². The lowest BCUT2D eigenvalue weighted by Crippen LogP contribution is -2.25. The number of hydrogen-bond acceptors (Lipinski definition) is 1. The Morgan fingerprint density at radius 3 is 2.38 bits per heavy atom. The zero-order chi connectivity index (χ0) is 12.0. The van der Waals surface area contributed by atoms with Crippen LogP contribution in [0.1, 0.15) is 45.2 Å². The summed E-state index contributed by atoms with van der Waals surface area (Å²) in [6.07, 6.45) is 2.35. The van der Waals surface area contributed by atoms with Crippen molar-refractivity contribution < 1.29 is 4.39 Å². The normalized spacial score (nSPS) is 13.1. The van der Waals surface area contributed by atoms with Crippen LogP contribution in [0.2, 0.25) is 0 Å². The summed E-state index contributed by atoms with van der Waals surface area (Å²) in [5.74, 6) is 0.571. The molecule has 0 aliphatic heterocycles. The lowest BCUT2D eigenvalue weighted by atomic mass is 10.0. The van der Waals surface area contributed by atoms with Gasteiger partial charge in [-0.2, -0.15) is 0 Å². The summed E-state index contributed by atoms with van der Waals surface area (Å²) in [5, 5.41) is 3.40. The second kappa shape index (κ2) is 6.64. The Bertz CT molecular complexity index is 307. The minimum Gasteiger partial charge on any atom is -0.310 e. The third-order valence-corrected chi connectivity index (χ3v) is 3.24. The van der Waals surface area contributed by atoms with Gasteiger partial charge in [0.2, 0.25) is 0 Å². The van der Waals surface area contributed by atoms with E-state index in [-0.39, 0.29) is 11.9 Å². The molecule has 0 spiro atoms.